The van der Waals surface area contributed by atoms with Gasteiger partial charge in [-0.15, -0.1) is 0 Å². The van der Waals surface area contributed by atoms with Crippen LogP contribution in [0.1, 0.15) is 31.9 Å². The Labute approximate surface area is 151 Å². The molecule has 0 aliphatic carbocycles. The summed E-state index contributed by atoms with van der Waals surface area (Å²) in [6.07, 6.45) is 1.75. The second-order valence-electron chi connectivity index (χ2n) is 7.57. The second kappa shape index (κ2) is 7.36. The van der Waals surface area contributed by atoms with Crippen molar-refractivity contribution in [2.75, 3.05) is 0 Å². The normalized spacial score (nSPS) is 12.5. The van der Waals surface area contributed by atoms with E-state index in [1.807, 2.05) is 18.2 Å². The molecule has 0 amide bonds. The second-order valence-corrected chi connectivity index (χ2v) is 12.8. The first-order valence-corrected chi connectivity index (χ1v) is 11.5. The van der Waals surface area contributed by atoms with Gasteiger partial charge in [0.15, 0.2) is 8.32 Å². The van der Waals surface area contributed by atoms with Gasteiger partial charge in [-0.2, -0.15) is 0 Å². The summed E-state index contributed by atoms with van der Waals surface area (Å²) in [6.45, 7) is 12.3. The highest BCUT2D eigenvalue weighted by Crippen LogP contribution is 2.38. The fraction of sp³-hybridized carbons (Fsp3) is 0.421. The summed E-state index contributed by atoms with van der Waals surface area (Å²) in [5.74, 6) is 0. The zero-order chi connectivity index (χ0) is 18.0. The van der Waals surface area contributed by atoms with Gasteiger partial charge in [0.2, 0.25) is 0 Å². The van der Waals surface area contributed by atoms with Gasteiger partial charge in [0.25, 0.3) is 0 Å². The Morgan fingerprint density at radius 3 is 2.42 bits per heavy atom. The lowest BCUT2D eigenvalue weighted by Crippen LogP contribution is -2.40. The van der Waals surface area contributed by atoms with Crippen LogP contribution in [0.2, 0.25) is 23.3 Å². The van der Waals surface area contributed by atoms with Gasteiger partial charge in [0.05, 0.1) is 6.61 Å². The van der Waals surface area contributed by atoms with Gasteiger partial charge >= 0.3 is 0 Å². The van der Waals surface area contributed by atoms with Crippen LogP contribution >= 0.6 is 11.6 Å². The molecular weight excluding hydrogens is 336 g/mol. The molecule has 3 nitrogen and oxygen atoms in total. The highest BCUT2D eigenvalue weighted by atomic mass is 35.5. The first-order valence-electron chi connectivity index (χ1n) is 8.22. The van der Waals surface area contributed by atoms with E-state index in [9.17, 15) is 0 Å². The molecule has 0 saturated carbocycles. The molecule has 0 unspecified atom stereocenters. The molecule has 0 saturated heterocycles. The lowest BCUT2D eigenvalue weighted by atomic mass is 9.97. The van der Waals surface area contributed by atoms with Crippen LogP contribution in [0.4, 0.5) is 0 Å². The van der Waals surface area contributed by atoms with Crippen molar-refractivity contribution in [1.29, 1.82) is 0 Å². The predicted octanol–water partition coefficient (Wildman–Crippen LogP) is 5.38. The Kier molecular flexibility index (Phi) is 5.86. The summed E-state index contributed by atoms with van der Waals surface area (Å²) in [6, 6.07) is 10.2. The standard InChI is InChI=1S/C19H27ClN2OSi/c1-19(2,3)24(4,5)23-13-14-8-6-7-9-16(14)17-10-18(20)22-12-15(17)11-21/h6-10,12H,11,13,21H2,1-5H3. The topological polar surface area (TPSA) is 48.1 Å². The average Bonchev–Trinajstić information content (AvgIpc) is 2.52. The van der Waals surface area contributed by atoms with Crippen LogP contribution in [0.3, 0.4) is 0 Å². The number of hydrogen-bond donors (Lipinski definition) is 1. The monoisotopic (exact) mass is 362 g/mol. The maximum absolute atomic E-state index is 6.40. The van der Waals surface area contributed by atoms with Gasteiger partial charge in [-0.05, 0) is 46.5 Å². The predicted molar refractivity (Wildman–Crippen MR) is 105 cm³/mol. The summed E-state index contributed by atoms with van der Waals surface area (Å²) in [5, 5.41) is 0.659. The van der Waals surface area contributed by atoms with Crippen molar-refractivity contribution in [3.63, 3.8) is 0 Å². The third-order valence-electron chi connectivity index (χ3n) is 4.88. The number of benzene rings is 1. The Bertz CT molecular complexity index is 711. The maximum Gasteiger partial charge on any atom is 0.192 e. The number of aromatic nitrogens is 1. The van der Waals surface area contributed by atoms with Crippen LogP contribution in [0, 0.1) is 0 Å². The minimum Gasteiger partial charge on any atom is -0.413 e. The summed E-state index contributed by atoms with van der Waals surface area (Å²) in [5.41, 5.74) is 10.2. The first-order chi connectivity index (χ1) is 11.2. The Hall–Kier alpha value is -1.20. The number of rotatable bonds is 5. The number of hydrogen-bond acceptors (Lipinski definition) is 3. The van der Waals surface area contributed by atoms with E-state index in [2.05, 4.69) is 51.0 Å². The van der Waals surface area contributed by atoms with Crippen LogP contribution in [0.15, 0.2) is 36.5 Å². The minimum atomic E-state index is -1.81. The summed E-state index contributed by atoms with van der Waals surface area (Å²) in [7, 11) is -1.81. The van der Waals surface area contributed by atoms with Gasteiger partial charge in [-0.3, -0.25) is 0 Å². The van der Waals surface area contributed by atoms with Crippen molar-refractivity contribution < 1.29 is 4.43 Å². The van der Waals surface area contributed by atoms with E-state index in [1.165, 1.54) is 0 Å². The van der Waals surface area contributed by atoms with Crippen molar-refractivity contribution in [3.05, 3.63) is 52.8 Å². The van der Waals surface area contributed by atoms with Gasteiger partial charge in [-0.25, -0.2) is 4.98 Å². The van der Waals surface area contributed by atoms with E-state index in [1.54, 1.807) is 6.20 Å². The molecule has 0 radical (unpaired) electrons. The summed E-state index contributed by atoms with van der Waals surface area (Å²) < 4.78 is 6.40. The molecule has 1 aromatic carbocycles. The molecule has 2 aromatic rings. The van der Waals surface area contributed by atoms with Crippen molar-refractivity contribution in [2.45, 2.75) is 52.1 Å². The van der Waals surface area contributed by atoms with E-state index in [0.29, 0.717) is 18.3 Å². The van der Waals surface area contributed by atoms with Crippen molar-refractivity contribution in [3.8, 4) is 11.1 Å². The Balaban J connectivity index is 2.37. The third kappa shape index (κ3) is 4.25. The smallest absolute Gasteiger partial charge is 0.192 e. The van der Waals surface area contributed by atoms with Crippen molar-refractivity contribution in [1.82, 2.24) is 4.98 Å². The van der Waals surface area contributed by atoms with E-state index in [-0.39, 0.29) is 5.04 Å². The van der Waals surface area contributed by atoms with Crippen molar-refractivity contribution >= 4 is 19.9 Å². The third-order valence-corrected chi connectivity index (χ3v) is 9.56. The van der Waals surface area contributed by atoms with E-state index in [4.69, 9.17) is 21.8 Å². The lowest BCUT2D eigenvalue weighted by molar-refractivity contribution is 0.277. The molecule has 0 fully saturated rings. The highest BCUT2D eigenvalue weighted by Gasteiger charge is 2.37. The van der Waals surface area contributed by atoms with Gasteiger partial charge in [0, 0.05) is 12.7 Å². The largest absolute Gasteiger partial charge is 0.413 e. The summed E-state index contributed by atoms with van der Waals surface area (Å²) in [4.78, 5) is 4.14. The molecule has 2 N–H and O–H groups in total. The highest BCUT2D eigenvalue weighted by molar-refractivity contribution is 6.74. The fourth-order valence-corrected chi connectivity index (χ4v) is 3.36. The van der Waals surface area contributed by atoms with Crippen LogP contribution in [0.5, 0.6) is 0 Å². The number of nitrogens with two attached hydrogens (primary N) is 1. The minimum absolute atomic E-state index is 0.185. The molecule has 1 heterocycles. The SMILES string of the molecule is CC(C)(C)[Si](C)(C)OCc1ccccc1-c1cc(Cl)ncc1CN. The maximum atomic E-state index is 6.40. The molecule has 1 aromatic heterocycles. The van der Waals surface area contributed by atoms with Crippen LogP contribution in [0.25, 0.3) is 11.1 Å². The number of nitrogens with zero attached hydrogens (tertiary/aromatic N) is 1. The summed E-state index contributed by atoms with van der Waals surface area (Å²) >= 11 is 6.11. The average molecular weight is 363 g/mol. The Morgan fingerprint density at radius 1 is 1.12 bits per heavy atom. The molecule has 0 bridgehead atoms. The molecule has 0 aliphatic rings. The molecule has 5 heteroatoms. The van der Waals surface area contributed by atoms with Gasteiger partial charge < -0.3 is 10.2 Å². The van der Waals surface area contributed by atoms with Gasteiger partial charge in [-0.1, -0.05) is 56.6 Å². The number of halogens is 1. The molecule has 2 rings (SSSR count). The molecule has 0 aliphatic heterocycles. The first kappa shape index (κ1) is 19.1. The molecular formula is C19H27ClN2OSi. The van der Waals surface area contributed by atoms with Crippen LogP contribution in [-0.4, -0.2) is 13.3 Å². The zero-order valence-electron chi connectivity index (χ0n) is 15.2. The van der Waals surface area contributed by atoms with Crippen molar-refractivity contribution in [2.24, 2.45) is 5.73 Å². The van der Waals surface area contributed by atoms with Gasteiger partial charge in [0.1, 0.15) is 5.15 Å². The van der Waals surface area contributed by atoms with E-state index in [0.717, 1.165) is 22.3 Å². The van der Waals surface area contributed by atoms with E-state index >= 15 is 0 Å². The van der Waals surface area contributed by atoms with E-state index < -0.39 is 8.32 Å². The Morgan fingerprint density at radius 2 is 1.79 bits per heavy atom. The van der Waals surface area contributed by atoms with Crippen LogP contribution < -0.4 is 5.73 Å². The lowest BCUT2D eigenvalue weighted by Gasteiger charge is -2.36. The molecule has 0 spiro atoms. The zero-order valence-corrected chi connectivity index (χ0v) is 16.9. The fourth-order valence-electron chi connectivity index (χ4n) is 2.26. The number of pyridine rings is 1. The molecule has 24 heavy (non-hydrogen) atoms. The molecule has 0 atom stereocenters. The quantitative estimate of drug-likeness (QED) is 0.573. The molecule has 130 valence electrons. The van der Waals surface area contributed by atoms with Crippen LogP contribution in [-0.2, 0) is 17.6 Å².